The quantitative estimate of drug-likeness (QED) is 0.777. The molecule has 0 radical (unpaired) electrons. The van der Waals surface area contributed by atoms with Gasteiger partial charge in [-0.1, -0.05) is 0 Å². The van der Waals surface area contributed by atoms with Gasteiger partial charge in [0.05, 0.1) is 7.11 Å². The fraction of sp³-hybridized carbons (Fsp3) is 0.421. The van der Waals surface area contributed by atoms with Gasteiger partial charge in [0, 0.05) is 31.7 Å². The minimum atomic E-state index is -1.45. The zero-order valence-electron chi connectivity index (χ0n) is 14.7. The lowest BCUT2D eigenvalue weighted by atomic mass is 9.91. The highest BCUT2D eigenvalue weighted by Crippen LogP contribution is 2.26. The molecule has 1 aromatic carbocycles. The maximum Gasteiger partial charge on any atom is 0.256 e. The van der Waals surface area contributed by atoms with Crippen LogP contribution in [0.4, 0.5) is 4.39 Å². The number of rotatable bonds is 7. The molecule has 0 saturated carbocycles. The van der Waals surface area contributed by atoms with Crippen LogP contribution in [-0.4, -0.2) is 41.7 Å². The largest absolute Gasteiger partial charge is 0.497 e. The zero-order chi connectivity index (χ0) is 18.6. The summed E-state index contributed by atoms with van der Waals surface area (Å²) in [6.07, 6.45) is 1.08. The Balaban J connectivity index is 1.65. The van der Waals surface area contributed by atoms with E-state index < -0.39 is 5.60 Å². The van der Waals surface area contributed by atoms with E-state index in [1.165, 1.54) is 18.1 Å². The Labute approximate surface area is 156 Å². The van der Waals surface area contributed by atoms with Gasteiger partial charge in [0.25, 0.3) is 5.91 Å². The Morgan fingerprint density at radius 3 is 3.00 bits per heavy atom. The van der Waals surface area contributed by atoms with Gasteiger partial charge < -0.3 is 20.1 Å². The first-order valence-electron chi connectivity index (χ1n) is 8.58. The third-order valence-corrected chi connectivity index (χ3v) is 5.38. The molecule has 2 heterocycles. The van der Waals surface area contributed by atoms with Crippen molar-refractivity contribution in [3.8, 4) is 5.75 Å². The molecule has 0 bridgehead atoms. The molecule has 7 heteroatoms. The van der Waals surface area contributed by atoms with Gasteiger partial charge >= 0.3 is 0 Å². The average molecular weight is 378 g/mol. The van der Waals surface area contributed by atoms with Crippen molar-refractivity contribution in [1.29, 1.82) is 0 Å². The van der Waals surface area contributed by atoms with Crippen LogP contribution in [0.25, 0.3) is 0 Å². The minimum absolute atomic E-state index is 0.120. The molecule has 2 aromatic rings. The van der Waals surface area contributed by atoms with Crippen molar-refractivity contribution in [2.75, 3.05) is 20.2 Å². The van der Waals surface area contributed by atoms with Gasteiger partial charge in [0.2, 0.25) is 0 Å². The third kappa shape index (κ3) is 4.23. The van der Waals surface area contributed by atoms with E-state index in [1.54, 1.807) is 23.5 Å². The van der Waals surface area contributed by atoms with E-state index in [0.717, 1.165) is 5.56 Å². The number of nitrogens with zero attached hydrogens (tertiary/aromatic N) is 1. The SMILES string of the molecule is COc1ccc(F)c(CN2CCC[C@@](O)(CNCc3ccsc3)C2=O)c1. The van der Waals surface area contributed by atoms with Gasteiger partial charge in [0.15, 0.2) is 5.60 Å². The van der Waals surface area contributed by atoms with Crippen LogP contribution >= 0.6 is 11.3 Å². The molecule has 1 atom stereocenters. The van der Waals surface area contributed by atoms with E-state index in [1.807, 2.05) is 16.8 Å². The van der Waals surface area contributed by atoms with Gasteiger partial charge in [-0.05, 0) is 53.4 Å². The maximum atomic E-state index is 14.1. The number of halogens is 1. The van der Waals surface area contributed by atoms with Crippen molar-refractivity contribution in [3.05, 3.63) is 52.0 Å². The summed E-state index contributed by atoms with van der Waals surface area (Å²) in [7, 11) is 1.51. The smallest absolute Gasteiger partial charge is 0.256 e. The monoisotopic (exact) mass is 378 g/mol. The molecule has 1 saturated heterocycles. The molecular weight excluding hydrogens is 355 g/mol. The number of nitrogens with one attached hydrogen (secondary N) is 1. The van der Waals surface area contributed by atoms with E-state index >= 15 is 0 Å². The number of benzene rings is 1. The number of amides is 1. The fourth-order valence-electron chi connectivity index (χ4n) is 3.19. The lowest BCUT2D eigenvalue weighted by Crippen LogP contribution is -2.57. The van der Waals surface area contributed by atoms with Crippen molar-refractivity contribution < 1.29 is 19.0 Å². The van der Waals surface area contributed by atoms with Gasteiger partial charge in [-0.2, -0.15) is 11.3 Å². The van der Waals surface area contributed by atoms with Crippen molar-refractivity contribution in [2.24, 2.45) is 0 Å². The first kappa shape index (κ1) is 18.8. The van der Waals surface area contributed by atoms with Crippen LogP contribution in [0.15, 0.2) is 35.0 Å². The molecule has 1 fully saturated rings. The molecule has 2 N–H and O–H groups in total. The maximum absolute atomic E-state index is 14.1. The van der Waals surface area contributed by atoms with Crippen LogP contribution in [-0.2, 0) is 17.9 Å². The van der Waals surface area contributed by atoms with Crippen molar-refractivity contribution in [3.63, 3.8) is 0 Å². The molecular formula is C19H23FN2O3S. The standard InChI is InChI=1S/C19H23FN2O3S/c1-25-16-3-4-17(20)15(9-16)11-22-7-2-6-19(24,18(22)23)13-21-10-14-5-8-26-12-14/h3-5,8-9,12,21,24H,2,6-7,10-11,13H2,1H3/t19-/m1/s1. The number of hydrogen-bond donors (Lipinski definition) is 2. The summed E-state index contributed by atoms with van der Waals surface area (Å²) < 4.78 is 19.2. The first-order valence-corrected chi connectivity index (χ1v) is 9.52. The Bertz CT molecular complexity index is 753. The Kier molecular flexibility index (Phi) is 5.90. The molecule has 0 unspecified atom stereocenters. The topological polar surface area (TPSA) is 61.8 Å². The lowest BCUT2D eigenvalue weighted by Gasteiger charge is -2.38. The van der Waals surface area contributed by atoms with Crippen LogP contribution in [0.2, 0.25) is 0 Å². The van der Waals surface area contributed by atoms with Crippen LogP contribution in [0.3, 0.4) is 0 Å². The molecule has 5 nitrogen and oxygen atoms in total. The predicted molar refractivity (Wildman–Crippen MR) is 98.6 cm³/mol. The number of aliphatic hydroxyl groups is 1. The second kappa shape index (κ2) is 8.16. The summed E-state index contributed by atoms with van der Waals surface area (Å²) in [6, 6.07) is 6.46. The lowest BCUT2D eigenvalue weighted by molar-refractivity contribution is -0.157. The first-order chi connectivity index (χ1) is 12.5. The number of carbonyl (C=O) groups excluding carboxylic acids is 1. The Hall–Kier alpha value is -1.96. The molecule has 3 rings (SSSR count). The molecule has 1 amide bonds. The summed E-state index contributed by atoms with van der Waals surface area (Å²) in [5, 5.41) is 18.0. The molecule has 1 aliphatic rings. The predicted octanol–water partition coefficient (Wildman–Crippen LogP) is 2.54. The van der Waals surface area contributed by atoms with Crippen molar-refractivity contribution in [1.82, 2.24) is 10.2 Å². The Morgan fingerprint density at radius 1 is 1.42 bits per heavy atom. The third-order valence-electron chi connectivity index (χ3n) is 4.64. The van der Waals surface area contributed by atoms with Gasteiger partial charge in [0.1, 0.15) is 11.6 Å². The van der Waals surface area contributed by atoms with Gasteiger partial charge in [-0.3, -0.25) is 4.79 Å². The number of likely N-dealkylation sites (tertiary alicyclic amines) is 1. The van der Waals surface area contributed by atoms with Crippen molar-refractivity contribution in [2.45, 2.75) is 31.5 Å². The van der Waals surface area contributed by atoms with Crippen LogP contribution in [0, 0.1) is 5.82 Å². The number of hydrogen-bond acceptors (Lipinski definition) is 5. The van der Waals surface area contributed by atoms with E-state index in [9.17, 15) is 14.3 Å². The highest BCUT2D eigenvalue weighted by Gasteiger charge is 2.41. The Morgan fingerprint density at radius 2 is 2.27 bits per heavy atom. The van der Waals surface area contributed by atoms with Crippen LogP contribution in [0.1, 0.15) is 24.0 Å². The number of ether oxygens (including phenoxy) is 1. The van der Waals surface area contributed by atoms with Crippen LogP contribution in [0.5, 0.6) is 5.75 Å². The highest BCUT2D eigenvalue weighted by atomic mass is 32.1. The van der Waals surface area contributed by atoms with E-state index in [4.69, 9.17) is 4.74 Å². The van der Waals surface area contributed by atoms with Crippen LogP contribution < -0.4 is 10.1 Å². The number of thiophene rings is 1. The van der Waals surface area contributed by atoms with Crippen molar-refractivity contribution >= 4 is 17.2 Å². The second-order valence-corrected chi connectivity index (χ2v) is 7.33. The minimum Gasteiger partial charge on any atom is -0.497 e. The fourth-order valence-corrected chi connectivity index (χ4v) is 3.86. The summed E-state index contributed by atoms with van der Waals surface area (Å²) in [4.78, 5) is 14.3. The van der Waals surface area contributed by atoms with Gasteiger partial charge in [-0.15, -0.1) is 0 Å². The highest BCUT2D eigenvalue weighted by molar-refractivity contribution is 7.07. The molecule has 26 heavy (non-hydrogen) atoms. The number of carbonyl (C=O) groups is 1. The second-order valence-electron chi connectivity index (χ2n) is 6.55. The molecule has 0 aliphatic carbocycles. The normalized spacial score (nSPS) is 20.4. The molecule has 0 spiro atoms. The number of methoxy groups -OCH3 is 1. The summed E-state index contributed by atoms with van der Waals surface area (Å²) in [5.74, 6) is -0.203. The van der Waals surface area contributed by atoms with Gasteiger partial charge in [-0.25, -0.2) is 4.39 Å². The summed E-state index contributed by atoms with van der Waals surface area (Å²) >= 11 is 1.61. The van der Waals surface area contributed by atoms with E-state index in [0.29, 0.717) is 37.2 Å². The van der Waals surface area contributed by atoms with E-state index in [-0.39, 0.29) is 24.8 Å². The molecule has 1 aliphatic heterocycles. The average Bonchev–Trinajstić information content (AvgIpc) is 3.14. The molecule has 140 valence electrons. The summed E-state index contributed by atoms with van der Waals surface area (Å²) in [6.45, 7) is 1.40. The molecule has 1 aromatic heterocycles. The summed E-state index contributed by atoms with van der Waals surface area (Å²) in [5.41, 5.74) is 0.0502. The van der Waals surface area contributed by atoms with E-state index in [2.05, 4.69) is 5.32 Å². The number of piperidine rings is 1. The zero-order valence-corrected chi connectivity index (χ0v) is 15.5.